The van der Waals surface area contributed by atoms with Gasteiger partial charge >= 0.3 is 0 Å². The molecule has 0 aromatic heterocycles. The summed E-state index contributed by atoms with van der Waals surface area (Å²) in [5.74, 6) is 0.862. The quantitative estimate of drug-likeness (QED) is 0.875. The van der Waals surface area contributed by atoms with Crippen molar-refractivity contribution >= 4 is 29.7 Å². The molecule has 5 heteroatoms. The molecule has 24 heavy (non-hydrogen) atoms. The molecule has 1 unspecified atom stereocenters. The highest BCUT2D eigenvalue weighted by molar-refractivity contribution is 6.30. The van der Waals surface area contributed by atoms with Crippen LogP contribution in [0.2, 0.25) is 5.02 Å². The van der Waals surface area contributed by atoms with Crippen molar-refractivity contribution < 1.29 is 4.74 Å². The van der Waals surface area contributed by atoms with Gasteiger partial charge in [-0.25, -0.2) is 0 Å². The molecule has 0 radical (unpaired) electrons. The fourth-order valence-corrected chi connectivity index (χ4v) is 3.31. The summed E-state index contributed by atoms with van der Waals surface area (Å²) in [7, 11) is 0. The Morgan fingerprint density at radius 1 is 1.12 bits per heavy atom. The maximum Gasteiger partial charge on any atom is 0.119 e. The van der Waals surface area contributed by atoms with Gasteiger partial charge in [0.15, 0.2) is 0 Å². The van der Waals surface area contributed by atoms with Gasteiger partial charge in [-0.2, -0.15) is 0 Å². The molecule has 2 aromatic carbocycles. The van der Waals surface area contributed by atoms with Crippen LogP contribution in [0.3, 0.4) is 0 Å². The van der Waals surface area contributed by atoms with Crippen molar-refractivity contribution in [1.29, 1.82) is 0 Å². The van der Waals surface area contributed by atoms with Crippen LogP contribution in [0.5, 0.6) is 5.75 Å². The number of hydrogen-bond donors (Lipinski definition) is 1. The number of hydrogen-bond acceptors (Lipinski definition) is 3. The summed E-state index contributed by atoms with van der Waals surface area (Å²) in [5.41, 5.74) is 3.99. The third-order valence-electron chi connectivity index (χ3n) is 4.33. The summed E-state index contributed by atoms with van der Waals surface area (Å²) in [5, 5.41) is 4.21. The summed E-state index contributed by atoms with van der Waals surface area (Å²) in [6.45, 7) is 7.96. The van der Waals surface area contributed by atoms with Crippen LogP contribution in [-0.4, -0.2) is 32.3 Å². The highest BCUT2D eigenvalue weighted by atomic mass is 35.5. The lowest BCUT2D eigenvalue weighted by Crippen LogP contribution is -2.54. The molecule has 0 saturated carbocycles. The molecular formula is C19H24Cl2N2O. The highest BCUT2D eigenvalue weighted by Gasteiger charge is 2.25. The fourth-order valence-electron chi connectivity index (χ4n) is 3.19. The molecular weight excluding hydrogens is 343 g/mol. The number of rotatable bonds is 4. The van der Waals surface area contributed by atoms with Crippen LogP contribution in [0.25, 0.3) is 0 Å². The van der Waals surface area contributed by atoms with Gasteiger partial charge in [-0.05, 0) is 49.2 Å². The van der Waals surface area contributed by atoms with Gasteiger partial charge in [0.25, 0.3) is 0 Å². The average Bonchev–Trinajstić information content (AvgIpc) is 2.55. The van der Waals surface area contributed by atoms with E-state index in [1.807, 2.05) is 24.3 Å². The first-order valence-corrected chi connectivity index (χ1v) is 8.45. The molecule has 1 fully saturated rings. The summed E-state index contributed by atoms with van der Waals surface area (Å²) >= 11 is 5.92. The Kier molecular flexibility index (Phi) is 6.79. The van der Waals surface area contributed by atoms with Gasteiger partial charge in [0.2, 0.25) is 0 Å². The maximum atomic E-state index is 5.99. The fraction of sp³-hybridized carbons (Fsp3) is 0.368. The first kappa shape index (κ1) is 18.9. The molecule has 0 spiro atoms. The van der Waals surface area contributed by atoms with E-state index in [1.54, 1.807) is 0 Å². The van der Waals surface area contributed by atoms with Gasteiger partial charge in [0.05, 0.1) is 6.04 Å². The van der Waals surface area contributed by atoms with Crippen molar-refractivity contribution in [2.75, 3.05) is 31.1 Å². The van der Waals surface area contributed by atoms with E-state index in [4.69, 9.17) is 16.3 Å². The molecule has 1 atom stereocenters. The zero-order valence-corrected chi connectivity index (χ0v) is 15.7. The summed E-state index contributed by atoms with van der Waals surface area (Å²) in [6.07, 6.45) is 0. The van der Waals surface area contributed by atoms with E-state index in [0.29, 0.717) is 12.6 Å². The molecule has 1 N–H and O–H groups in total. The van der Waals surface area contributed by atoms with Crippen molar-refractivity contribution in [1.82, 2.24) is 5.32 Å². The molecule has 0 bridgehead atoms. The minimum absolute atomic E-state index is 0. The molecule has 1 aliphatic rings. The first-order valence-electron chi connectivity index (χ1n) is 8.07. The Morgan fingerprint density at radius 3 is 2.46 bits per heavy atom. The van der Waals surface area contributed by atoms with Crippen molar-refractivity contribution in [3.8, 4) is 5.75 Å². The number of para-hydroxylation sites is 1. The Morgan fingerprint density at radius 2 is 1.79 bits per heavy atom. The van der Waals surface area contributed by atoms with E-state index in [1.165, 1.54) is 16.8 Å². The molecule has 130 valence electrons. The number of piperazine rings is 1. The van der Waals surface area contributed by atoms with E-state index >= 15 is 0 Å². The lowest BCUT2D eigenvalue weighted by atomic mass is 10.0. The minimum atomic E-state index is 0. The lowest BCUT2D eigenvalue weighted by molar-refractivity contribution is 0.267. The second-order valence-corrected chi connectivity index (χ2v) is 6.49. The second kappa shape index (κ2) is 8.61. The van der Waals surface area contributed by atoms with Crippen LogP contribution in [0, 0.1) is 13.8 Å². The molecule has 2 aromatic rings. The number of benzene rings is 2. The van der Waals surface area contributed by atoms with Crippen LogP contribution in [0.4, 0.5) is 5.69 Å². The van der Waals surface area contributed by atoms with E-state index in [9.17, 15) is 0 Å². The van der Waals surface area contributed by atoms with Crippen LogP contribution in [0.15, 0.2) is 42.5 Å². The Hall–Kier alpha value is -1.42. The maximum absolute atomic E-state index is 5.99. The van der Waals surface area contributed by atoms with Crippen molar-refractivity contribution in [2.24, 2.45) is 0 Å². The van der Waals surface area contributed by atoms with Crippen LogP contribution in [0.1, 0.15) is 11.1 Å². The van der Waals surface area contributed by atoms with E-state index in [0.717, 1.165) is 30.4 Å². The van der Waals surface area contributed by atoms with Crippen molar-refractivity contribution in [3.63, 3.8) is 0 Å². The molecule has 1 heterocycles. The second-order valence-electron chi connectivity index (χ2n) is 6.06. The smallest absolute Gasteiger partial charge is 0.119 e. The van der Waals surface area contributed by atoms with Gasteiger partial charge in [0, 0.05) is 30.3 Å². The number of nitrogens with one attached hydrogen (secondary N) is 1. The number of ether oxygens (including phenoxy) is 1. The zero-order valence-electron chi connectivity index (χ0n) is 14.1. The van der Waals surface area contributed by atoms with Crippen molar-refractivity contribution in [3.05, 3.63) is 58.6 Å². The largest absolute Gasteiger partial charge is 0.491 e. The number of aryl methyl sites for hydroxylation is 2. The van der Waals surface area contributed by atoms with Gasteiger partial charge in [0.1, 0.15) is 12.4 Å². The SMILES string of the molecule is Cc1cccc(C)c1N1CCNCC1COc1ccc(Cl)cc1.Cl. The minimum Gasteiger partial charge on any atom is -0.491 e. The number of anilines is 1. The van der Waals surface area contributed by atoms with Gasteiger partial charge < -0.3 is 15.0 Å². The normalized spacial score (nSPS) is 17.3. The molecule has 1 aliphatic heterocycles. The summed E-state index contributed by atoms with van der Waals surface area (Å²) in [6, 6.07) is 14.4. The number of halogens is 2. The van der Waals surface area contributed by atoms with Gasteiger partial charge in [-0.1, -0.05) is 29.8 Å². The monoisotopic (exact) mass is 366 g/mol. The summed E-state index contributed by atoms with van der Waals surface area (Å²) < 4.78 is 5.99. The highest BCUT2D eigenvalue weighted by Crippen LogP contribution is 2.27. The van der Waals surface area contributed by atoms with Gasteiger partial charge in [-0.3, -0.25) is 0 Å². The van der Waals surface area contributed by atoms with Crippen LogP contribution in [-0.2, 0) is 0 Å². The lowest BCUT2D eigenvalue weighted by Gasteiger charge is -2.39. The predicted molar refractivity (Wildman–Crippen MR) is 104 cm³/mol. The average molecular weight is 367 g/mol. The third kappa shape index (κ3) is 4.35. The Labute approximate surface area is 155 Å². The molecule has 0 aliphatic carbocycles. The molecule has 3 rings (SSSR count). The number of nitrogens with zero attached hydrogens (tertiary/aromatic N) is 1. The van der Waals surface area contributed by atoms with E-state index < -0.39 is 0 Å². The summed E-state index contributed by atoms with van der Waals surface area (Å²) in [4.78, 5) is 2.48. The molecule has 3 nitrogen and oxygen atoms in total. The zero-order chi connectivity index (χ0) is 16.2. The Bertz CT molecular complexity index is 641. The van der Waals surface area contributed by atoms with Crippen LogP contribution >= 0.6 is 24.0 Å². The third-order valence-corrected chi connectivity index (χ3v) is 4.58. The van der Waals surface area contributed by atoms with Gasteiger partial charge in [-0.15, -0.1) is 12.4 Å². The van der Waals surface area contributed by atoms with Crippen molar-refractivity contribution in [2.45, 2.75) is 19.9 Å². The Balaban J connectivity index is 0.00000208. The van der Waals surface area contributed by atoms with Crippen LogP contribution < -0.4 is 15.0 Å². The first-order chi connectivity index (χ1) is 11.1. The van der Waals surface area contributed by atoms with E-state index in [2.05, 4.69) is 42.3 Å². The standard InChI is InChI=1S/C19H23ClN2O.ClH/c1-14-4-3-5-15(2)19(14)22-11-10-21-12-17(22)13-23-18-8-6-16(20)7-9-18;/h3-9,17,21H,10-13H2,1-2H3;1H. The predicted octanol–water partition coefficient (Wildman–Crippen LogP) is 4.24. The topological polar surface area (TPSA) is 24.5 Å². The molecule has 0 amide bonds. The molecule has 1 saturated heterocycles. The van der Waals surface area contributed by atoms with E-state index in [-0.39, 0.29) is 12.4 Å².